The number of halogens is 1. The van der Waals surface area contributed by atoms with Crippen LogP contribution in [0.3, 0.4) is 0 Å². The molecule has 0 atom stereocenters. The molecule has 0 aliphatic carbocycles. The van der Waals surface area contributed by atoms with Crippen molar-refractivity contribution < 1.29 is 4.74 Å². The molecule has 1 aromatic heterocycles. The first kappa shape index (κ1) is 15.3. The van der Waals surface area contributed by atoms with Crippen LogP contribution in [0.25, 0.3) is 22.7 Å². The predicted molar refractivity (Wildman–Crippen MR) is 95.0 cm³/mol. The molecule has 114 valence electrons. The molecule has 4 nitrogen and oxygen atoms in total. The number of rotatable bonds is 3. The quantitative estimate of drug-likeness (QED) is 0.682. The predicted octanol–water partition coefficient (Wildman–Crippen LogP) is 4.71. The summed E-state index contributed by atoms with van der Waals surface area (Å²) >= 11 is 3.52. The molecule has 5 heteroatoms. The first-order chi connectivity index (χ1) is 11.1. The second-order valence-electron chi connectivity index (χ2n) is 5.10. The van der Waals surface area contributed by atoms with Crippen molar-refractivity contribution in [1.29, 1.82) is 5.26 Å². The molecular weight excluding hydrogens is 354 g/mol. The summed E-state index contributed by atoms with van der Waals surface area (Å²) in [5.74, 6) is 1.33. The van der Waals surface area contributed by atoms with E-state index in [1.165, 1.54) is 0 Å². The van der Waals surface area contributed by atoms with Gasteiger partial charge >= 0.3 is 0 Å². The van der Waals surface area contributed by atoms with Gasteiger partial charge in [0.2, 0.25) is 0 Å². The van der Waals surface area contributed by atoms with Gasteiger partial charge in [0, 0.05) is 10.0 Å². The van der Waals surface area contributed by atoms with Crippen molar-refractivity contribution in [3.05, 3.63) is 57.8 Å². The van der Waals surface area contributed by atoms with E-state index in [9.17, 15) is 5.26 Å². The highest BCUT2D eigenvalue weighted by Gasteiger charge is 2.10. The van der Waals surface area contributed by atoms with Gasteiger partial charge in [-0.05, 0) is 42.8 Å². The summed E-state index contributed by atoms with van der Waals surface area (Å²) < 4.78 is 6.30. The lowest BCUT2D eigenvalue weighted by Crippen LogP contribution is -1.90. The number of hydrogen-bond donors (Lipinski definition) is 1. The van der Waals surface area contributed by atoms with E-state index in [4.69, 9.17) is 4.74 Å². The average molecular weight is 368 g/mol. The fourth-order valence-corrected chi connectivity index (χ4v) is 2.83. The molecule has 0 bridgehead atoms. The highest BCUT2D eigenvalue weighted by Crippen LogP contribution is 2.29. The van der Waals surface area contributed by atoms with E-state index in [1.54, 1.807) is 13.2 Å². The number of nitriles is 1. The maximum Gasteiger partial charge on any atom is 0.149 e. The Bertz CT molecular complexity index is 918. The van der Waals surface area contributed by atoms with Crippen LogP contribution in [0.15, 0.2) is 40.9 Å². The number of nitrogens with zero attached hydrogens (tertiary/aromatic N) is 2. The zero-order valence-electron chi connectivity index (χ0n) is 12.7. The first-order valence-electron chi connectivity index (χ1n) is 7.03. The van der Waals surface area contributed by atoms with Crippen molar-refractivity contribution in [2.45, 2.75) is 6.92 Å². The van der Waals surface area contributed by atoms with E-state index in [0.29, 0.717) is 11.4 Å². The van der Waals surface area contributed by atoms with Gasteiger partial charge < -0.3 is 9.72 Å². The molecule has 0 unspecified atom stereocenters. The highest BCUT2D eigenvalue weighted by atomic mass is 79.9. The van der Waals surface area contributed by atoms with Crippen LogP contribution in [0.4, 0.5) is 0 Å². The number of nitrogens with one attached hydrogen (secondary N) is 1. The number of H-pyrrole nitrogens is 1. The Morgan fingerprint density at radius 1 is 1.35 bits per heavy atom. The molecule has 1 N–H and O–H groups in total. The fraction of sp³-hybridized carbons (Fsp3) is 0.111. The van der Waals surface area contributed by atoms with Crippen LogP contribution in [-0.2, 0) is 0 Å². The zero-order chi connectivity index (χ0) is 16.4. The highest BCUT2D eigenvalue weighted by molar-refractivity contribution is 9.10. The molecule has 0 saturated heterocycles. The van der Waals surface area contributed by atoms with Crippen LogP contribution in [0, 0.1) is 18.3 Å². The lowest BCUT2D eigenvalue weighted by atomic mass is 10.1. The minimum Gasteiger partial charge on any atom is -0.496 e. The summed E-state index contributed by atoms with van der Waals surface area (Å²) in [4.78, 5) is 7.65. The zero-order valence-corrected chi connectivity index (χ0v) is 14.3. The van der Waals surface area contributed by atoms with Crippen molar-refractivity contribution >= 4 is 38.6 Å². The lowest BCUT2D eigenvalue weighted by molar-refractivity contribution is 0.411. The van der Waals surface area contributed by atoms with Gasteiger partial charge in [-0.3, -0.25) is 0 Å². The third-order valence-electron chi connectivity index (χ3n) is 3.61. The molecule has 2 aromatic carbocycles. The molecule has 0 amide bonds. The standard InChI is InChI=1S/C18H14BrN3O/c1-11-14(19)8-12(9-17(11)23-2)7-13(10-20)18-21-15-5-3-4-6-16(15)22-18/h3-9H,1-2H3,(H,21,22)/b13-7+. The maximum absolute atomic E-state index is 9.50. The summed E-state index contributed by atoms with van der Waals surface area (Å²) in [7, 11) is 1.63. The van der Waals surface area contributed by atoms with E-state index in [2.05, 4.69) is 32.0 Å². The van der Waals surface area contributed by atoms with Crippen LogP contribution in [0.5, 0.6) is 5.75 Å². The Kier molecular flexibility index (Phi) is 4.18. The van der Waals surface area contributed by atoms with Crippen molar-refractivity contribution in [3.63, 3.8) is 0 Å². The smallest absolute Gasteiger partial charge is 0.149 e. The number of allylic oxidation sites excluding steroid dienone is 1. The van der Waals surface area contributed by atoms with Gasteiger partial charge in [-0.15, -0.1) is 0 Å². The van der Waals surface area contributed by atoms with Crippen LogP contribution >= 0.6 is 15.9 Å². The lowest BCUT2D eigenvalue weighted by Gasteiger charge is -2.08. The van der Waals surface area contributed by atoms with E-state index in [1.807, 2.05) is 43.3 Å². The van der Waals surface area contributed by atoms with Crippen molar-refractivity contribution in [3.8, 4) is 11.8 Å². The van der Waals surface area contributed by atoms with E-state index in [-0.39, 0.29) is 0 Å². The second kappa shape index (κ2) is 6.27. The largest absolute Gasteiger partial charge is 0.496 e. The minimum atomic E-state index is 0.471. The first-order valence-corrected chi connectivity index (χ1v) is 7.82. The molecule has 1 heterocycles. The summed E-state index contributed by atoms with van der Waals surface area (Å²) in [5.41, 5.74) is 4.11. The molecule has 0 aliphatic rings. The Labute approximate surface area is 142 Å². The third-order valence-corrected chi connectivity index (χ3v) is 4.44. The number of methoxy groups -OCH3 is 1. The Morgan fingerprint density at radius 3 is 2.83 bits per heavy atom. The molecule has 0 fully saturated rings. The molecule has 0 spiro atoms. The summed E-state index contributed by atoms with van der Waals surface area (Å²) in [6.07, 6.45) is 1.80. The summed E-state index contributed by atoms with van der Waals surface area (Å²) in [5, 5.41) is 9.50. The van der Waals surface area contributed by atoms with Gasteiger partial charge in [-0.2, -0.15) is 5.26 Å². The number of aromatic nitrogens is 2. The van der Waals surface area contributed by atoms with Crippen molar-refractivity contribution in [1.82, 2.24) is 9.97 Å². The van der Waals surface area contributed by atoms with Crippen molar-refractivity contribution in [2.75, 3.05) is 7.11 Å². The second-order valence-corrected chi connectivity index (χ2v) is 5.96. The Hall–Kier alpha value is -2.58. The fourth-order valence-electron chi connectivity index (χ4n) is 2.37. The van der Waals surface area contributed by atoms with Crippen molar-refractivity contribution in [2.24, 2.45) is 0 Å². The molecule has 0 saturated carbocycles. The normalized spacial score (nSPS) is 11.5. The number of para-hydroxylation sites is 2. The molecule has 0 aliphatic heterocycles. The number of ether oxygens (including phenoxy) is 1. The van der Waals surface area contributed by atoms with E-state index >= 15 is 0 Å². The third kappa shape index (κ3) is 2.99. The average Bonchev–Trinajstić information content (AvgIpc) is 2.99. The minimum absolute atomic E-state index is 0.471. The SMILES string of the molecule is COc1cc(/C=C(\C#N)c2nc3ccccc3[nH]2)cc(Br)c1C. The molecule has 23 heavy (non-hydrogen) atoms. The monoisotopic (exact) mass is 367 g/mol. The van der Waals surface area contributed by atoms with Gasteiger partial charge in [0.15, 0.2) is 0 Å². The van der Waals surface area contributed by atoms with Gasteiger partial charge in [0.05, 0.1) is 23.7 Å². The van der Waals surface area contributed by atoms with E-state index < -0.39 is 0 Å². The number of imidazole rings is 1. The molecule has 0 radical (unpaired) electrons. The van der Waals surface area contributed by atoms with Crippen LogP contribution < -0.4 is 4.74 Å². The number of aromatic amines is 1. The van der Waals surface area contributed by atoms with Crippen LogP contribution in [0.1, 0.15) is 17.0 Å². The van der Waals surface area contributed by atoms with Gasteiger partial charge in [0.25, 0.3) is 0 Å². The number of fused-ring (bicyclic) bond motifs is 1. The topological polar surface area (TPSA) is 61.7 Å². The summed E-state index contributed by atoms with van der Waals surface area (Å²) in [6.45, 7) is 1.97. The van der Waals surface area contributed by atoms with E-state index in [0.717, 1.165) is 32.4 Å². The van der Waals surface area contributed by atoms with Crippen LogP contribution in [0.2, 0.25) is 0 Å². The summed E-state index contributed by atoms with van der Waals surface area (Å²) in [6, 6.07) is 13.8. The number of hydrogen-bond acceptors (Lipinski definition) is 3. The number of benzene rings is 2. The molecular formula is C18H14BrN3O. The van der Waals surface area contributed by atoms with Gasteiger partial charge in [0.1, 0.15) is 17.6 Å². The Balaban J connectivity index is 2.09. The molecule has 3 aromatic rings. The van der Waals surface area contributed by atoms with Gasteiger partial charge in [-0.25, -0.2) is 4.98 Å². The molecule has 3 rings (SSSR count). The van der Waals surface area contributed by atoms with Gasteiger partial charge in [-0.1, -0.05) is 28.1 Å². The Morgan fingerprint density at radius 2 is 2.13 bits per heavy atom. The maximum atomic E-state index is 9.50. The van der Waals surface area contributed by atoms with Crippen LogP contribution in [-0.4, -0.2) is 17.1 Å².